The molecule has 0 heterocycles. The molecular weight excluding hydrogens is 181 g/mol. The number of nitrogens with zero attached hydrogens (tertiary/aromatic N) is 1. The topological polar surface area (TPSA) is 80.7 Å². The first-order valence-electron chi connectivity index (χ1n) is 2.37. The molecule has 1 N–H and O–H groups in total. The molecule has 7 heteroatoms. The van der Waals surface area contributed by atoms with Crippen molar-refractivity contribution in [2.45, 2.75) is 0 Å². The molecule has 1 unspecified atom stereocenters. The average Bonchev–Trinajstić information content (AvgIpc) is 1.62. The Labute approximate surface area is 90.6 Å². The first-order chi connectivity index (χ1) is 4.50. The Balaban J connectivity index is -0.000000114. The maximum atomic E-state index is 9.57. The maximum absolute atomic E-state index is 9.57. The smallest absolute Gasteiger partial charge is 0.750 e. The van der Waals surface area contributed by atoms with E-state index in [9.17, 15) is 4.79 Å². The van der Waals surface area contributed by atoms with Crippen molar-refractivity contribution in [1.82, 2.24) is 4.90 Å². The fourth-order valence-electron chi connectivity index (χ4n) is 0.149. The predicted octanol–water partition coefficient (Wildman–Crippen LogP) is -3.91. The summed E-state index contributed by atoms with van der Waals surface area (Å²) >= 11 is -2.86. The molecule has 0 radical (unpaired) electrons. The number of carbonyl (C=O) groups is 1. The third-order valence-corrected chi connectivity index (χ3v) is 0.440. The SMILES string of the molecule is CN(C)CC=O.O=S([O-])O.[Na+]. The van der Waals surface area contributed by atoms with E-state index in [2.05, 4.69) is 0 Å². The largest absolute Gasteiger partial charge is 1.00 e. The van der Waals surface area contributed by atoms with E-state index in [0.29, 0.717) is 6.54 Å². The number of hydrogen-bond donors (Lipinski definition) is 1. The van der Waals surface area contributed by atoms with Crippen LogP contribution in [-0.4, -0.2) is 45.1 Å². The quantitative estimate of drug-likeness (QED) is 0.274. The van der Waals surface area contributed by atoms with Crippen molar-refractivity contribution < 1.29 is 47.7 Å². The molecule has 11 heavy (non-hydrogen) atoms. The Morgan fingerprint density at radius 3 is 1.91 bits per heavy atom. The molecule has 0 spiro atoms. The predicted molar refractivity (Wildman–Crippen MR) is 36.2 cm³/mol. The first kappa shape index (κ1) is 17.7. The van der Waals surface area contributed by atoms with Crippen LogP contribution in [0, 0.1) is 0 Å². The van der Waals surface area contributed by atoms with Crippen LogP contribution >= 0.6 is 0 Å². The van der Waals surface area contributed by atoms with Gasteiger partial charge in [-0.05, 0) is 14.1 Å². The Hall–Kier alpha value is 0.700. The molecule has 0 fully saturated rings. The third-order valence-electron chi connectivity index (χ3n) is 0.440. The molecule has 0 rings (SSSR count). The summed E-state index contributed by atoms with van der Waals surface area (Å²) in [6.45, 7) is 0.528. The van der Waals surface area contributed by atoms with Crippen molar-refractivity contribution in [1.29, 1.82) is 0 Å². The second-order valence-electron chi connectivity index (χ2n) is 1.65. The molecule has 0 aromatic rings. The van der Waals surface area contributed by atoms with Gasteiger partial charge in [-0.25, -0.2) is 4.21 Å². The van der Waals surface area contributed by atoms with Gasteiger partial charge in [0.15, 0.2) is 0 Å². The van der Waals surface area contributed by atoms with Crippen molar-refractivity contribution in [3.05, 3.63) is 0 Å². The Bertz CT molecular complexity index is 106. The number of aldehydes is 1. The van der Waals surface area contributed by atoms with Gasteiger partial charge in [0, 0.05) is 0 Å². The minimum Gasteiger partial charge on any atom is -0.750 e. The maximum Gasteiger partial charge on any atom is 1.00 e. The summed E-state index contributed by atoms with van der Waals surface area (Å²) < 4.78 is 24.1. The Morgan fingerprint density at radius 2 is 1.91 bits per heavy atom. The van der Waals surface area contributed by atoms with Gasteiger partial charge in [-0.3, -0.25) is 0 Å². The monoisotopic (exact) mass is 191 g/mol. The van der Waals surface area contributed by atoms with Crippen molar-refractivity contribution in [3.63, 3.8) is 0 Å². The van der Waals surface area contributed by atoms with E-state index in [1.807, 2.05) is 19.0 Å². The summed E-state index contributed by atoms with van der Waals surface area (Å²) in [7, 11) is 3.71. The summed E-state index contributed by atoms with van der Waals surface area (Å²) in [4.78, 5) is 11.4. The molecule has 0 amide bonds. The summed E-state index contributed by atoms with van der Waals surface area (Å²) in [5.41, 5.74) is 0. The molecule has 0 saturated carbocycles. The van der Waals surface area contributed by atoms with Gasteiger partial charge in [-0.15, -0.1) is 0 Å². The minimum absolute atomic E-state index is 0. The van der Waals surface area contributed by atoms with Gasteiger partial charge < -0.3 is 18.8 Å². The van der Waals surface area contributed by atoms with Gasteiger partial charge in [0.25, 0.3) is 0 Å². The molecular formula is C4H10NNaO4S. The van der Waals surface area contributed by atoms with E-state index in [1.165, 1.54) is 0 Å². The number of rotatable bonds is 2. The number of carbonyl (C=O) groups excluding carboxylic acids is 1. The van der Waals surface area contributed by atoms with Crippen LogP contribution in [0.25, 0.3) is 0 Å². The van der Waals surface area contributed by atoms with Crippen LogP contribution in [0.4, 0.5) is 0 Å². The second-order valence-corrected chi connectivity index (χ2v) is 2.08. The molecule has 0 saturated heterocycles. The summed E-state index contributed by atoms with van der Waals surface area (Å²) in [5.74, 6) is 0. The van der Waals surface area contributed by atoms with Crippen molar-refractivity contribution in [3.8, 4) is 0 Å². The molecule has 1 atom stereocenters. The van der Waals surface area contributed by atoms with Gasteiger partial charge in [-0.1, -0.05) is 0 Å². The molecule has 0 aromatic heterocycles. The van der Waals surface area contributed by atoms with E-state index < -0.39 is 11.4 Å². The van der Waals surface area contributed by atoms with Gasteiger partial charge in [-0.2, -0.15) is 0 Å². The van der Waals surface area contributed by atoms with E-state index >= 15 is 0 Å². The first-order valence-corrected chi connectivity index (χ1v) is 3.40. The van der Waals surface area contributed by atoms with Crippen LogP contribution in [0.15, 0.2) is 0 Å². The van der Waals surface area contributed by atoms with E-state index in [0.717, 1.165) is 6.29 Å². The zero-order valence-electron chi connectivity index (χ0n) is 6.81. The molecule has 0 aromatic carbocycles. The van der Waals surface area contributed by atoms with Crippen molar-refractivity contribution in [2.75, 3.05) is 20.6 Å². The fourth-order valence-corrected chi connectivity index (χ4v) is 0.149. The van der Waals surface area contributed by atoms with E-state index in [4.69, 9.17) is 13.3 Å². The van der Waals surface area contributed by atoms with Crippen LogP contribution in [-0.2, 0) is 16.2 Å². The average molecular weight is 191 g/mol. The standard InChI is InChI=1S/C4H9NO.Na.H2O3S/c1-5(2)3-4-6;;1-4(2)3/h4H,3H2,1-2H3;;(H2,1,2,3)/q;+1;/p-1. The van der Waals surface area contributed by atoms with Crippen LogP contribution in [0.3, 0.4) is 0 Å². The summed E-state index contributed by atoms with van der Waals surface area (Å²) in [5, 5.41) is 0. The Kier molecular flexibility index (Phi) is 21.4. The Morgan fingerprint density at radius 1 is 1.64 bits per heavy atom. The summed E-state index contributed by atoms with van der Waals surface area (Å²) in [6, 6.07) is 0. The second kappa shape index (κ2) is 13.3. The minimum atomic E-state index is -2.86. The molecule has 0 aliphatic carbocycles. The van der Waals surface area contributed by atoms with Crippen LogP contribution in [0.2, 0.25) is 0 Å². The van der Waals surface area contributed by atoms with E-state index in [-0.39, 0.29) is 29.6 Å². The van der Waals surface area contributed by atoms with Gasteiger partial charge in [0.2, 0.25) is 0 Å². The number of likely N-dealkylation sites (N-methyl/N-ethyl adjacent to an activating group) is 1. The summed E-state index contributed by atoms with van der Waals surface area (Å²) in [6.07, 6.45) is 0.875. The van der Waals surface area contributed by atoms with Gasteiger partial charge in [0.1, 0.15) is 6.29 Å². The molecule has 62 valence electrons. The molecule has 5 nitrogen and oxygen atoms in total. The molecule has 0 bridgehead atoms. The van der Waals surface area contributed by atoms with Gasteiger partial charge in [0.05, 0.1) is 17.9 Å². The van der Waals surface area contributed by atoms with Crippen molar-refractivity contribution in [2.24, 2.45) is 0 Å². The van der Waals surface area contributed by atoms with E-state index in [1.54, 1.807) is 0 Å². The van der Waals surface area contributed by atoms with Crippen LogP contribution in [0.1, 0.15) is 0 Å². The zero-order valence-corrected chi connectivity index (χ0v) is 9.63. The normalized spacial score (nSPS) is 10.6. The third kappa shape index (κ3) is 59.2. The van der Waals surface area contributed by atoms with Crippen molar-refractivity contribution >= 4 is 17.6 Å². The fraction of sp³-hybridized carbons (Fsp3) is 0.750. The molecule has 0 aliphatic rings. The zero-order chi connectivity index (χ0) is 8.57. The number of hydrogen-bond acceptors (Lipinski definition) is 4. The van der Waals surface area contributed by atoms with Crippen LogP contribution in [0.5, 0.6) is 0 Å². The van der Waals surface area contributed by atoms with Gasteiger partial charge >= 0.3 is 29.6 Å². The molecule has 0 aliphatic heterocycles. The van der Waals surface area contributed by atoms with Crippen LogP contribution < -0.4 is 29.6 Å².